The molecule has 0 aliphatic carbocycles. The summed E-state index contributed by atoms with van der Waals surface area (Å²) in [4.78, 5) is 11.7. The maximum absolute atomic E-state index is 11.7. The number of anilines is 1. The minimum atomic E-state index is -0.942. The topological polar surface area (TPSA) is 93.2 Å². The van der Waals surface area contributed by atoms with Gasteiger partial charge in [0.2, 0.25) is 5.91 Å². The van der Waals surface area contributed by atoms with Crippen molar-refractivity contribution in [1.29, 1.82) is 0 Å². The van der Waals surface area contributed by atoms with E-state index < -0.39 is 5.54 Å². The quantitative estimate of drug-likeness (QED) is 0.666. The highest BCUT2D eigenvalue weighted by Gasteiger charge is 2.23. The number of aliphatic hydroxyl groups is 1. The summed E-state index contributed by atoms with van der Waals surface area (Å²) in [7, 11) is 0. The lowest BCUT2D eigenvalue weighted by Gasteiger charge is -2.18. The number of rotatable bonds is 4. The minimum Gasteiger partial charge on any atom is -0.394 e. The van der Waals surface area contributed by atoms with Crippen LogP contribution >= 0.6 is 0 Å². The van der Waals surface area contributed by atoms with Gasteiger partial charge in [0.15, 0.2) is 0 Å². The Morgan fingerprint density at radius 2 is 2.31 bits per heavy atom. The number of carbonyl (C=O) groups is 1. The highest BCUT2D eigenvalue weighted by Crippen LogP contribution is 2.11. The zero-order valence-corrected chi connectivity index (χ0v) is 9.82. The van der Waals surface area contributed by atoms with Gasteiger partial charge in [-0.05, 0) is 20.8 Å². The number of nitrogens with zero attached hydrogens (tertiary/aromatic N) is 2. The van der Waals surface area contributed by atoms with Crippen LogP contribution in [0, 0.1) is 6.92 Å². The van der Waals surface area contributed by atoms with Gasteiger partial charge in [0.25, 0.3) is 0 Å². The summed E-state index contributed by atoms with van der Waals surface area (Å²) in [5.41, 5.74) is 5.50. The molecular weight excluding hydrogens is 208 g/mol. The fourth-order valence-corrected chi connectivity index (χ4v) is 1.19. The van der Waals surface area contributed by atoms with Crippen LogP contribution in [0.1, 0.15) is 19.5 Å². The highest BCUT2D eigenvalue weighted by atomic mass is 16.3. The molecule has 0 saturated heterocycles. The van der Waals surface area contributed by atoms with Crippen molar-refractivity contribution in [2.75, 3.05) is 11.9 Å². The van der Waals surface area contributed by atoms with Crippen LogP contribution in [0.2, 0.25) is 0 Å². The highest BCUT2D eigenvalue weighted by molar-refractivity contribution is 5.96. The number of nitrogens with one attached hydrogen (secondary N) is 1. The molecule has 0 atom stereocenters. The maximum Gasteiger partial charge on any atom is 0.245 e. The first-order chi connectivity index (χ1) is 7.34. The summed E-state index contributed by atoms with van der Waals surface area (Å²) in [6.45, 7) is 5.38. The average Bonchev–Trinajstić information content (AvgIpc) is 2.45. The lowest BCUT2D eigenvalue weighted by Crippen LogP contribution is -2.45. The molecule has 0 fully saturated rings. The number of aryl methyl sites for hydroxylation is 1. The molecule has 6 heteroatoms. The monoisotopic (exact) mass is 226 g/mol. The predicted octanol–water partition coefficient (Wildman–Crippen LogP) is -0.140. The Morgan fingerprint density at radius 1 is 1.69 bits per heavy atom. The van der Waals surface area contributed by atoms with Crippen molar-refractivity contribution in [2.24, 2.45) is 5.73 Å². The van der Waals surface area contributed by atoms with Gasteiger partial charge in [0, 0.05) is 6.07 Å². The fraction of sp³-hybridized carbons (Fsp3) is 0.600. The SMILES string of the molecule is Cc1cc(NC(=O)C(C)(C)N)n(CCO)n1. The third-order valence-electron chi connectivity index (χ3n) is 2.04. The zero-order valence-electron chi connectivity index (χ0n) is 9.82. The van der Waals surface area contributed by atoms with Gasteiger partial charge < -0.3 is 16.2 Å². The van der Waals surface area contributed by atoms with E-state index in [2.05, 4.69) is 10.4 Å². The molecule has 0 aliphatic heterocycles. The van der Waals surface area contributed by atoms with Crippen LogP contribution in [-0.2, 0) is 11.3 Å². The van der Waals surface area contributed by atoms with E-state index in [1.54, 1.807) is 24.6 Å². The molecule has 1 heterocycles. The van der Waals surface area contributed by atoms with Gasteiger partial charge in [-0.3, -0.25) is 4.79 Å². The fourth-order valence-electron chi connectivity index (χ4n) is 1.19. The van der Waals surface area contributed by atoms with Crippen LogP contribution in [-0.4, -0.2) is 32.9 Å². The number of amides is 1. The lowest BCUT2D eigenvalue weighted by atomic mass is 10.1. The van der Waals surface area contributed by atoms with Crippen molar-refractivity contribution in [1.82, 2.24) is 9.78 Å². The number of aliphatic hydroxyl groups excluding tert-OH is 1. The molecule has 90 valence electrons. The van der Waals surface area contributed by atoms with Crippen LogP contribution in [0.4, 0.5) is 5.82 Å². The third kappa shape index (κ3) is 3.04. The second kappa shape index (κ2) is 4.63. The Labute approximate surface area is 94.4 Å². The number of hydrogen-bond acceptors (Lipinski definition) is 4. The summed E-state index contributed by atoms with van der Waals surface area (Å²) in [6, 6.07) is 1.74. The second-order valence-corrected chi connectivity index (χ2v) is 4.29. The summed E-state index contributed by atoms with van der Waals surface area (Å²) < 4.78 is 1.54. The van der Waals surface area contributed by atoms with Crippen molar-refractivity contribution in [3.8, 4) is 0 Å². The molecule has 4 N–H and O–H groups in total. The Morgan fingerprint density at radius 3 is 2.81 bits per heavy atom. The molecule has 1 aromatic heterocycles. The summed E-state index contributed by atoms with van der Waals surface area (Å²) >= 11 is 0. The van der Waals surface area contributed by atoms with Crippen LogP contribution in [0.3, 0.4) is 0 Å². The first-order valence-electron chi connectivity index (χ1n) is 5.10. The number of nitrogens with two attached hydrogens (primary N) is 1. The molecule has 1 rings (SSSR count). The molecule has 0 bridgehead atoms. The van der Waals surface area contributed by atoms with Gasteiger partial charge in [-0.2, -0.15) is 5.10 Å². The Kier molecular flexibility index (Phi) is 3.66. The van der Waals surface area contributed by atoms with Gasteiger partial charge in [0.1, 0.15) is 5.82 Å². The molecule has 1 amide bonds. The van der Waals surface area contributed by atoms with Gasteiger partial charge in [-0.1, -0.05) is 0 Å². The molecule has 16 heavy (non-hydrogen) atoms. The van der Waals surface area contributed by atoms with Crippen molar-refractivity contribution in [2.45, 2.75) is 32.9 Å². The van der Waals surface area contributed by atoms with E-state index in [9.17, 15) is 4.79 Å². The smallest absolute Gasteiger partial charge is 0.245 e. The lowest BCUT2D eigenvalue weighted by molar-refractivity contribution is -0.120. The maximum atomic E-state index is 11.7. The largest absolute Gasteiger partial charge is 0.394 e. The van der Waals surface area contributed by atoms with Crippen molar-refractivity contribution < 1.29 is 9.90 Å². The van der Waals surface area contributed by atoms with E-state index in [-0.39, 0.29) is 12.5 Å². The van der Waals surface area contributed by atoms with Crippen molar-refractivity contribution >= 4 is 11.7 Å². The standard InChI is InChI=1S/C10H18N4O2/c1-7-6-8(14(13-7)4-5-15)12-9(16)10(2,3)11/h6,15H,4-5,11H2,1-3H3,(H,12,16). The molecule has 0 aromatic carbocycles. The summed E-state index contributed by atoms with van der Waals surface area (Å²) in [5.74, 6) is 0.265. The van der Waals surface area contributed by atoms with Crippen molar-refractivity contribution in [3.63, 3.8) is 0 Å². The predicted molar refractivity (Wildman–Crippen MR) is 60.9 cm³/mol. The van der Waals surface area contributed by atoms with Crippen LogP contribution in [0.15, 0.2) is 6.07 Å². The summed E-state index contributed by atoms with van der Waals surface area (Å²) in [5, 5.41) is 15.7. The Balaban J connectivity index is 2.84. The second-order valence-electron chi connectivity index (χ2n) is 4.29. The van der Waals surface area contributed by atoms with Gasteiger partial charge in [-0.15, -0.1) is 0 Å². The third-order valence-corrected chi connectivity index (χ3v) is 2.04. The zero-order chi connectivity index (χ0) is 12.3. The van der Waals surface area contributed by atoms with Gasteiger partial charge in [-0.25, -0.2) is 4.68 Å². The van der Waals surface area contributed by atoms with E-state index in [1.807, 2.05) is 6.92 Å². The Hall–Kier alpha value is -1.40. The molecule has 0 unspecified atom stereocenters. The number of carbonyl (C=O) groups excluding carboxylic acids is 1. The molecule has 6 nitrogen and oxygen atoms in total. The normalized spacial score (nSPS) is 11.6. The molecule has 0 spiro atoms. The van der Waals surface area contributed by atoms with Crippen LogP contribution in [0.25, 0.3) is 0 Å². The van der Waals surface area contributed by atoms with Gasteiger partial charge in [0.05, 0.1) is 24.4 Å². The van der Waals surface area contributed by atoms with E-state index >= 15 is 0 Å². The number of hydrogen-bond donors (Lipinski definition) is 3. The first-order valence-corrected chi connectivity index (χ1v) is 5.10. The molecule has 0 saturated carbocycles. The van der Waals surface area contributed by atoms with Crippen LogP contribution in [0.5, 0.6) is 0 Å². The number of aromatic nitrogens is 2. The van der Waals surface area contributed by atoms with Crippen molar-refractivity contribution in [3.05, 3.63) is 11.8 Å². The van der Waals surface area contributed by atoms with E-state index in [1.165, 1.54) is 0 Å². The van der Waals surface area contributed by atoms with E-state index in [0.29, 0.717) is 12.4 Å². The summed E-state index contributed by atoms with van der Waals surface area (Å²) in [6.07, 6.45) is 0. The molecule has 1 aromatic rings. The minimum absolute atomic E-state index is 0.0317. The first kappa shape index (κ1) is 12.7. The van der Waals surface area contributed by atoms with Crippen LogP contribution < -0.4 is 11.1 Å². The molecular formula is C10H18N4O2. The Bertz CT molecular complexity index is 379. The molecule has 0 aliphatic rings. The molecule has 0 radical (unpaired) electrons. The van der Waals surface area contributed by atoms with E-state index in [0.717, 1.165) is 5.69 Å². The average molecular weight is 226 g/mol. The van der Waals surface area contributed by atoms with E-state index in [4.69, 9.17) is 10.8 Å². The van der Waals surface area contributed by atoms with Gasteiger partial charge >= 0.3 is 0 Å².